The molecule has 0 radical (unpaired) electrons. The SMILES string of the molecule is CNC1=CC([N+](=O)[O-])C(C(=O)N/N=C(\C)c2ccc(C(=O)Nc3nc(=O)n([C@@H]4OC5(C)CC4CO5)cc3F)cc2)C=C1. The second-order valence-corrected chi connectivity index (χ2v) is 10.3. The van der Waals surface area contributed by atoms with Crippen LogP contribution in [0.1, 0.15) is 42.4 Å². The van der Waals surface area contributed by atoms with Gasteiger partial charge in [-0.25, -0.2) is 14.6 Å². The number of hydrazone groups is 1. The van der Waals surface area contributed by atoms with E-state index in [1.165, 1.54) is 24.3 Å². The van der Waals surface area contributed by atoms with Crippen LogP contribution in [0.5, 0.6) is 0 Å². The first-order chi connectivity index (χ1) is 20.0. The molecular formula is C27H28FN7O7. The number of hydrogen-bond donors (Lipinski definition) is 3. The molecule has 3 heterocycles. The Balaban J connectivity index is 1.22. The molecule has 0 spiro atoms. The van der Waals surface area contributed by atoms with E-state index in [1.807, 2.05) is 0 Å². The van der Waals surface area contributed by atoms with Crippen molar-refractivity contribution in [3.63, 3.8) is 0 Å². The molecule has 3 N–H and O–H groups in total. The molecule has 5 rings (SSSR count). The summed E-state index contributed by atoms with van der Waals surface area (Å²) in [6, 6.07) is 4.76. The molecule has 2 bridgehead atoms. The van der Waals surface area contributed by atoms with Gasteiger partial charge in [0.2, 0.25) is 6.04 Å². The van der Waals surface area contributed by atoms with Crippen molar-refractivity contribution in [3.05, 3.63) is 91.9 Å². The Hall–Kier alpha value is -4.76. The zero-order valence-electron chi connectivity index (χ0n) is 22.9. The monoisotopic (exact) mass is 581 g/mol. The average molecular weight is 582 g/mol. The molecule has 14 nitrogen and oxygen atoms in total. The first-order valence-electron chi connectivity index (χ1n) is 13.1. The van der Waals surface area contributed by atoms with E-state index in [1.54, 1.807) is 39.1 Å². The van der Waals surface area contributed by atoms with E-state index in [9.17, 15) is 28.9 Å². The molecule has 4 unspecified atom stereocenters. The van der Waals surface area contributed by atoms with Crippen LogP contribution in [-0.4, -0.2) is 57.5 Å². The lowest BCUT2D eigenvalue weighted by atomic mass is 9.93. The zero-order valence-corrected chi connectivity index (χ0v) is 22.9. The lowest BCUT2D eigenvalue weighted by Gasteiger charge is -2.28. The quantitative estimate of drug-likeness (QED) is 0.238. The number of rotatable bonds is 8. The van der Waals surface area contributed by atoms with E-state index in [-0.39, 0.29) is 11.5 Å². The summed E-state index contributed by atoms with van der Waals surface area (Å²) in [5.41, 5.74) is 3.18. The smallest absolute Gasteiger partial charge is 0.351 e. The van der Waals surface area contributed by atoms with Crippen LogP contribution in [-0.2, 0) is 14.3 Å². The van der Waals surface area contributed by atoms with E-state index < -0.39 is 58.0 Å². The van der Waals surface area contributed by atoms with Crippen LogP contribution in [0.4, 0.5) is 10.2 Å². The number of halogens is 1. The number of fused-ring (bicyclic) bond motifs is 2. The van der Waals surface area contributed by atoms with Crippen molar-refractivity contribution in [1.82, 2.24) is 20.3 Å². The van der Waals surface area contributed by atoms with Crippen LogP contribution in [0, 0.1) is 27.8 Å². The summed E-state index contributed by atoms with van der Waals surface area (Å²) in [6.45, 7) is 3.75. The molecule has 1 aromatic heterocycles. The maximum atomic E-state index is 14.8. The molecule has 2 amide bonds. The Bertz CT molecular complexity index is 1590. The van der Waals surface area contributed by atoms with Gasteiger partial charge in [-0.15, -0.1) is 0 Å². The summed E-state index contributed by atoms with van der Waals surface area (Å²) in [5.74, 6) is -4.75. The molecule has 15 heteroatoms. The number of ether oxygens (including phenoxy) is 2. The molecule has 0 saturated carbocycles. The molecule has 1 aliphatic carbocycles. The predicted octanol–water partition coefficient (Wildman–Crippen LogP) is 1.69. The molecule has 2 fully saturated rings. The van der Waals surface area contributed by atoms with Gasteiger partial charge < -0.3 is 20.1 Å². The van der Waals surface area contributed by atoms with E-state index >= 15 is 0 Å². The van der Waals surface area contributed by atoms with Gasteiger partial charge in [-0.2, -0.15) is 10.1 Å². The molecule has 2 saturated heterocycles. The van der Waals surface area contributed by atoms with Crippen LogP contribution >= 0.6 is 0 Å². The Morgan fingerprint density at radius 1 is 1.26 bits per heavy atom. The highest BCUT2D eigenvalue weighted by atomic mass is 19.1. The Kier molecular flexibility index (Phi) is 7.71. The normalized spacial score (nSPS) is 26.5. The fourth-order valence-corrected chi connectivity index (χ4v) is 5.08. The third-order valence-electron chi connectivity index (χ3n) is 7.36. The van der Waals surface area contributed by atoms with Crippen molar-refractivity contribution >= 4 is 23.3 Å². The number of aromatic nitrogens is 2. The number of allylic oxidation sites excluding steroid dienone is 1. The molecule has 5 atom stereocenters. The molecule has 3 aliphatic rings. The van der Waals surface area contributed by atoms with Crippen molar-refractivity contribution in [2.45, 2.75) is 38.3 Å². The minimum atomic E-state index is -1.25. The van der Waals surface area contributed by atoms with Gasteiger partial charge in [0.25, 0.3) is 11.8 Å². The van der Waals surface area contributed by atoms with Crippen LogP contribution in [0.15, 0.2) is 64.3 Å². The average Bonchev–Trinajstić information content (AvgIpc) is 3.53. The molecule has 2 aromatic rings. The first-order valence-corrected chi connectivity index (χ1v) is 13.1. The summed E-state index contributed by atoms with van der Waals surface area (Å²) in [6.07, 6.45) is 5.21. The number of carbonyl (C=O) groups is 2. The van der Waals surface area contributed by atoms with Crippen molar-refractivity contribution < 1.29 is 28.4 Å². The minimum Gasteiger partial charge on any atom is -0.388 e. The van der Waals surface area contributed by atoms with E-state index in [4.69, 9.17) is 9.47 Å². The van der Waals surface area contributed by atoms with Crippen LogP contribution in [0.3, 0.4) is 0 Å². The Labute approximate surface area is 238 Å². The van der Waals surface area contributed by atoms with Gasteiger partial charge in [0.05, 0.1) is 18.5 Å². The summed E-state index contributed by atoms with van der Waals surface area (Å²) < 4.78 is 27.2. The second-order valence-electron chi connectivity index (χ2n) is 10.3. The number of carbonyl (C=O) groups excluding carboxylic acids is 2. The number of likely N-dealkylation sites (N-methyl/N-ethyl adjacent to an activating group) is 1. The Morgan fingerprint density at radius 3 is 2.60 bits per heavy atom. The third-order valence-corrected chi connectivity index (χ3v) is 7.36. The fourth-order valence-electron chi connectivity index (χ4n) is 5.08. The van der Waals surface area contributed by atoms with Crippen LogP contribution in [0.25, 0.3) is 0 Å². The highest BCUT2D eigenvalue weighted by Gasteiger charge is 2.51. The summed E-state index contributed by atoms with van der Waals surface area (Å²) in [5, 5.41) is 20.6. The highest BCUT2D eigenvalue weighted by Crippen LogP contribution is 2.47. The zero-order chi connectivity index (χ0) is 30.2. The largest absolute Gasteiger partial charge is 0.388 e. The van der Waals surface area contributed by atoms with E-state index in [0.29, 0.717) is 30.0 Å². The van der Waals surface area contributed by atoms with Crippen LogP contribution in [0.2, 0.25) is 0 Å². The Morgan fingerprint density at radius 2 is 1.98 bits per heavy atom. The predicted molar refractivity (Wildman–Crippen MR) is 146 cm³/mol. The van der Waals surface area contributed by atoms with Gasteiger partial charge in [-0.05, 0) is 37.6 Å². The van der Waals surface area contributed by atoms with Crippen molar-refractivity contribution in [3.8, 4) is 0 Å². The van der Waals surface area contributed by atoms with Gasteiger partial charge in [-0.1, -0.05) is 18.2 Å². The summed E-state index contributed by atoms with van der Waals surface area (Å²) in [4.78, 5) is 52.6. The molecule has 1 aromatic carbocycles. The molecular weight excluding hydrogens is 553 g/mol. The van der Waals surface area contributed by atoms with Gasteiger partial charge >= 0.3 is 5.69 Å². The van der Waals surface area contributed by atoms with Gasteiger partial charge in [0.1, 0.15) is 12.1 Å². The van der Waals surface area contributed by atoms with Crippen LogP contribution < -0.4 is 21.7 Å². The third kappa shape index (κ3) is 5.69. The van der Waals surface area contributed by atoms with E-state index in [0.717, 1.165) is 10.8 Å². The van der Waals surface area contributed by atoms with Gasteiger partial charge in [0.15, 0.2) is 17.4 Å². The van der Waals surface area contributed by atoms with Gasteiger partial charge in [-0.3, -0.25) is 24.3 Å². The lowest BCUT2D eigenvalue weighted by Crippen LogP contribution is -2.39. The number of hydrogen-bond acceptors (Lipinski definition) is 10. The summed E-state index contributed by atoms with van der Waals surface area (Å²) >= 11 is 0. The number of benzene rings is 1. The lowest BCUT2D eigenvalue weighted by molar-refractivity contribution is -0.514. The topological polar surface area (TPSA) is 179 Å². The van der Waals surface area contributed by atoms with Gasteiger partial charge in [0, 0.05) is 41.6 Å². The maximum Gasteiger partial charge on any atom is 0.351 e. The molecule has 42 heavy (non-hydrogen) atoms. The minimum absolute atomic E-state index is 0.112. The number of nitrogens with one attached hydrogen (secondary N) is 3. The second kappa shape index (κ2) is 11.3. The van der Waals surface area contributed by atoms with Crippen molar-refractivity contribution in [2.24, 2.45) is 16.9 Å². The van der Waals surface area contributed by atoms with Crippen molar-refractivity contribution in [1.29, 1.82) is 0 Å². The first kappa shape index (κ1) is 28.8. The highest BCUT2D eigenvalue weighted by molar-refractivity contribution is 6.05. The molecule has 220 valence electrons. The number of anilines is 1. The number of nitrogens with zero attached hydrogens (tertiary/aromatic N) is 4. The summed E-state index contributed by atoms with van der Waals surface area (Å²) in [7, 11) is 1.62. The standard InChI is InChI=1S/C27H28FN7O7/c1-14(32-33-24(37)19-9-8-18(29-3)10-21(19)35(39)40)15-4-6-16(7-5-15)23(36)30-22-20(28)12-34(26(38)31-22)25-17-11-27(2,42-25)41-13-17/h4-10,12,17,19,21,25,29H,11,13H2,1-3H3,(H,33,37)(H,30,31,36,38)/b32-14+/t17?,19?,21?,25-,27?/m1/s1. The van der Waals surface area contributed by atoms with Crippen molar-refractivity contribution in [2.75, 3.05) is 19.0 Å². The number of nitro groups is 1. The molecule has 2 aliphatic heterocycles. The maximum absolute atomic E-state index is 14.8. The fraction of sp³-hybridized carbons (Fsp3) is 0.370. The number of amides is 2. The van der Waals surface area contributed by atoms with E-state index in [2.05, 4.69) is 26.1 Å².